The molecule has 1 atom stereocenters. The Labute approximate surface area is 109 Å². The first-order valence-electron chi connectivity index (χ1n) is 7.07. The summed E-state index contributed by atoms with van der Waals surface area (Å²) < 4.78 is 0. The number of anilines is 1. The highest BCUT2D eigenvalue weighted by Gasteiger charge is 2.37. The molecule has 1 aliphatic carbocycles. The standard InChI is InChI=1S/C14H22N4/c1-10-16-12(9-14(15-2)17-10)13-7-8-18(13)11-5-3-4-6-11/h9,11,13H,3-8H2,1-2H3,(H,15,16,17)/t13-/m1/s1. The summed E-state index contributed by atoms with van der Waals surface area (Å²) in [6, 6.07) is 3.44. The Hall–Kier alpha value is -1.16. The number of hydrogen-bond acceptors (Lipinski definition) is 4. The minimum atomic E-state index is 0.530. The molecule has 2 heterocycles. The first kappa shape index (κ1) is 11.9. The summed E-state index contributed by atoms with van der Waals surface area (Å²) in [6.45, 7) is 3.22. The summed E-state index contributed by atoms with van der Waals surface area (Å²) in [6.07, 6.45) is 6.80. The molecule has 2 aliphatic rings. The highest BCUT2D eigenvalue weighted by molar-refractivity contribution is 5.36. The van der Waals surface area contributed by atoms with Crippen molar-refractivity contribution < 1.29 is 0 Å². The van der Waals surface area contributed by atoms with Crippen LogP contribution >= 0.6 is 0 Å². The van der Waals surface area contributed by atoms with Crippen molar-refractivity contribution in [2.45, 2.75) is 51.1 Å². The molecular weight excluding hydrogens is 224 g/mol. The van der Waals surface area contributed by atoms with Crippen LogP contribution in [0.4, 0.5) is 5.82 Å². The van der Waals surface area contributed by atoms with Crippen molar-refractivity contribution in [3.8, 4) is 0 Å². The van der Waals surface area contributed by atoms with Gasteiger partial charge in [0.05, 0.1) is 11.7 Å². The van der Waals surface area contributed by atoms with Gasteiger partial charge in [-0.25, -0.2) is 9.97 Å². The molecule has 4 heteroatoms. The van der Waals surface area contributed by atoms with E-state index in [9.17, 15) is 0 Å². The molecule has 0 unspecified atom stereocenters. The van der Waals surface area contributed by atoms with Crippen molar-refractivity contribution in [2.24, 2.45) is 0 Å². The van der Waals surface area contributed by atoms with Gasteiger partial charge in [0.15, 0.2) is 0 Å². The summed E-state index contributed by atoms with van der Waals surface area (Å²) in [5.41, 5.74) is 1.20. The van der Waals surface area contributed by atoms with Crippen molar-refractivity contribution >= 4 is 5.82 Å². The van der Waals surface area contributed by atoms with E-state index in [1.54, 1.807) is 0 Å². The topological polar surface area (TPSA) is 41.0 Å². The third-order valence-corrected chi connectivity index (χ3v) is 4.31. The maximum atomic E-state index is 4.63. The van der Waals surface area contributed by atoms with Crippen LogP contribution in [0.3, 0.4) is 0 Å². The second-order valence-electron chi connectivity index (χ2n) is 5.46. The lowest BCUT2D eigenvalue weighted by Gasteiger charge is -2.44. The first-order chi connectivity index (χ1) is 8.78. The molecule has 0 radical (unpaired) electrons. The Morgan fingerprint density at radius 3 is 2.61 bits per heavy atom. The smallest absolute Gasteiger partial charge is 0.129 e. The maximum Gasteiger partial charge on any atom is 0.129 e. The van der Waals surface area contributed by atoms with Crippen LogP contribution < -0.4 is 5.32 Å². The van der Waals surface area contributed by atoms with E-state index in [0.717, 1.165) is 17.7 Å². The van der Waals surface area contributed by atoms with Gasteiger partial charge in [-0.1, -0.05) is 12.8 Å². The van der Waals surface area contributed by atoms with Gasteiger partial charge < -0.3 is 5.32 Å². The van der Waals surface area contributed by atoms with E-state index in [2.05, 4.69) is 26.3 Å². The zero-order chi connectivity index (χ0) is 12.5. The van der Waals surface area contributed by atoms with Crippen LogP contribution in [-0.2, 0) is 0 Å². The largest absolute Gasteiger partial charge is 0.373 e. The number of aryl methyl sites for hydroxylation is 1. The van der Waals surface area contributed by atoms with Crippen LogP contribution in [-0.4, -0.2) is 34.5 Å². The van der Waals surface area contributed by atoms with Gasteiger partial charge in [0.2, 0.25) is 0 Å². The molecule has 2 fully saturated rings. The molecule has 1 N–H and O–H groups in total. The lowest BCUT2D eigenvalue weighted by molar-refractivity contribution is 0.0401. The molecule has 0 amide bonds. The van der Waals surface area contributed by atoms with Crippen molar-refractivity contribution in [1.29, 1.82) is 0 Å². The summed E-state index contributed by atoms with van der Waals surface area (Å²) in [5.74, 6) is 1.81. The number of aromatic nitrogens is 2. The summed E-state index contributed by atoms with van der Waals surface area (Å²) in [7, 11) is 1.92. The predicted octanol–water partition coefficient (Wildman–Crippen LogP) is 2.52. The van der Waals surface area contributed by atoms with Gasteiger partial charge in [-0.3, -0.25) is 4.90 Å². The molecule has 0 bridgehead atoms. The Morgan fingerprint density at radius 1 is 1.22 bits per heavy atom. The second kappa shape index (κ2) is 4.84. The van der Waals surface area contributed by atoms with Crippen LogP contribution in [0.1, 0.15) is 49.7 Å². The first-order valence-corrected chi connectivity index (χ1v) is 7.07. The van der Waals surface area contributed by atoms with E-state index in [4.69, 9.17) is 0 Å². The Balaban J connectivity index is 1.79. The minimum absolute atomic E-state index is 0.530. The second-order valence-corrected chi connectivity index (χ2v) is 5.46. The lowest BCUT2D eigenvalue weighted by Crippen LogP contribution is -2.47. The normalized spacial score (nSPS) is 25.1. The summed E-state index contributed by atoms with van der Waals surface area (Å²) in [4.78, 5) is 11.7. The summed E-state index contributed by atoms with van der Waals surface area (Å²) >= 11 is 0. The zero-order valence-corrected chi connectivity index (χ0v) is 11.3. The van der Waals surface area contributed by atoms with Gasteiger partial charge in [0.1, 0.15) is 11.6 Å². The van der Waals surface area contributed by atoms with Crippen molar-refractivity contribution in [3.63, 3.8) is 0 Å². The number of nitrogens with one attached hydrogen (secondary N) is 1. The van der Waals surface area contributed by atoms with Crippen LogP contribution in [0.2, 0.25) is 0 Å². The molecule has 0 aromatic carbocycles. The number of rotatable bonds is 3. The molecule has 1 aromatic heterocycles. The SMILES string of the molecule is CNc1cc([C@H]2CCN2C2CCCC2)nc(C)n1. The maximum absolute atomic E-state index is 4.63. The Bertz CT molecular complexity index is 426. The van der Waals surface area contributed by atoms with Gasteiger partial charge in [0.25, 0.3) is 0 Å². The van der Waals surface area contributed by atoms with Crippen LogP contribution in [0.5, 0.6) is 0 Å². The molecule has 3 rings (SSSR count). The van der Waals surface area contributed by atoms with Gasteiger partial charge in [-0.15, -0.1) is 0 Å². The van der Waals surface area contributed by atoms with Crippen molar-refractivity contribution in [3.05, 3.63) is 17.6 Å². The monoisotopic (exact) mass is 246 g/mol. The highest BCUT2D eigenvalue weighted by atomic mass is 15.3. The Morgan fingerprint density at radius 2 is 2.00 bits per heavy atom. The van der Waals surface area contributed by atoms with E-state index >= 15 is 0 Å². The van der Waals surface area contributed by atoms with E-state index in [1.807, 2.05) is 14.0 Å². The molecule has 18 heavy (non-hydrogen) atoms. The fraction of sp³-hybridized carbons (Fsp3) is 0.714. The van der Waals surface area contributed by atoms with E-state index in [1.165, 1.54) is 44.3 Å². The molecule has 1 saturated carbocycles. The molecule has 1 saturated heterocycles. The van der Waals surface area contributed by atoms with Crippen molar-refractivity contribution in [2.75, 3.05) is 18.9 Å². The zero-order valence-electron chi connectivity index (χ0n) is 11.3. The average molecular weight is 246 g/mol. The number of hydrogen-bond donors (Lipinski definition) is 1. The molecule has 1 aromatic rings. The number of nitrogens with zero attached hydrogens (tertiary/aromatic N) is 3. The molecule has 1 aliphatic heterocycles. The molecular formula is C14H22N4. The third-order valence-electron chi connectivity index (χ3n) is 4.31. The number of likely N-dealkylation sites (tertiary alicyclic amines) is 1. The third kappa shape index (κ3) is 2.09. The van der Waals surface area contributed by atoms with Crippen LogP contribution in [0.25, 0.3) is 0 Å². The predicted molar refractivity (Wildman–Crippen MR) is 72.6 cm³/mol. The van der Waals surface area contributed by atoms with Gasteiger partial charge in [-0.05, 0) is 26.2 Å². The lowest BCUT2D eigenvalue weighted by atomic mass is 9.95. The van der Waals surface area contributed by atoms with Gasteiger partial charge in [0, 0.05) is 25.7 Å². The van der Waals surface area contributed by atoms with E-state index in [0.29, 0.717) is 6.04 Å². The highest BCUT2D eigenvalue weighted by Crippen LogP contribution is 2.39. The fourth-order valence-corrected chi connectivity index (χ4v) is 3.29. The van der Waals surface area contributed by atoms with Crippen LogP contribution in [0, 0.1) is 6.92 Å². The quantitative estimate of drug-likeness (QED) is 0.889. The Kier molecular flexibility index (Phi) is 3.20. The van der Waals surface area contributed by atoms with Gasteiger partial charge >= 0.3 is 0 Å². The molecule has 4 nitrogen and oxygen atoms in total. The fourth-order valence-electron chi connectivity index (χ4n) is 3.29. The van der Waals surface area contributed by atoms with Gasteiger partial charge in [-0.2, -0.15) is 0 Å². The van der Waals surface area contributed by atoms with E-state index < -0.39 is 0 Å². The van der Waals surface area contributed by atoms with Crippen molar-refractivity contribution in [1.82, 2.24) is 14.9 Å². The van der Waals surface area contributed by atoms with Crippen LogP contribution in [0.15, 0.2) is 6.07 Å². The minimum Gasteiger partial charge on any atom is -0.373 e. The summed E-state index contributed by atoms with van der Waals surface area (Å²) in [5, 5.41) is 3.13. The van der Waals surface area contributed by atoms with E-state index in [-0.39, 0.29) is 0 Å². The average Bonchev–Trinajstić information content (AvgIpc) is 2.80. The molecule has 98 valence electrons. The molecule has 0 spiro atoms.